The number of carboxylic acids is 1. The van der Waals surface area contributed by atoms with E-state index in [0.29, 0.717) is 22.3 Å². The zero-order valence-electron chi connectivity index (χ0n) is 17.0. The molecule has 0 bridgehead atoms. The lowest BCUT2D eigenvalue weighted by Gasteiger charge is -2.13. The van der Waals surface area contributed by atoms with Crippen LogP contribution in [0.5, 0.6) is 11.5 Å². The lowest BCUT2D eigenvalue weighted by molar-refractivity contribution is -0.539. The molecule has 1 aromatic heterocycles. The van der Waals surface area contributed by atoms with Crippen LogP contribution in [0.3, 0.4) is 0 Å². The second-order valence-electron chi connectivity index (χ2n) is 6.45. The summed E-state index contributed by atoms with van der Waals surface area (Å²) in [7, 11) is -2.20. The van der Waals surface area contributed by atoms with E-state index >= 15 is 0 Å². The lowest BCUT2D eigenvalue weighted by atomic mass is 10.0. The maximum atomic E-state index is 12.1. The van der Waals surface area contributed by atoms with Crippen molar-refractivity contribution in [2.75, 3.05) is 14.2 Å². The molecule has 0 saturated heterocycles. The van der Waals surface area contributed by atoms with Crippen LogP contribution in [0.4, 0.5) is 3.89 Å². The molecule has 0 aliphatic rings. The highest BCUT2D eigenvalue weighted by Crippen LogP contribution is 2.33. The molecule has 0 unspecified atom stereocenters. The van der Waals surface area contributed by atoms with Crippen LogP contribution in [0, 0.1) is 0 Å². The topological polar surface area (TPSA) is 117 Å². The summed E-state index contributed by atoms with van der Waals surface area (Å²) in [6.07, 6.45) is 0. The maximum absolute atomic E-state index is 12.1. The first-order chi connectivity index (χ1) is 15.2. The summed E-state index contributed by atoms with van der Waals surface area (Å²) in [4.78, 5) is 12.1. The third kappa shape index (κ3) is 4.61. The molecule has 4 rings (SSSR count). The van der Waals surface area contributed by atoms with Crippen LogP contribution in [0.1, 0.15) is 10.4 Å². The van der Waals surface area contributed by atoms with Gasteiger partial charge in [0.2, 0.25) is 11.0 Å². The molecule has 0 amide bonds. The number of para-hydroxylation sites is 3. The minimum absolute atomic E-state index is 0.284. The first kappa shape index (κ1) is 22.9. The second-order valence-corrected chi connectivity index (χ2v) is 7.24. The number of ether oxygens (including phenoxy) is 2. The van der Waals surface area contributed by atoms with Crippen LogP contribution in [-0.2, 0) is 10.5 Å². The minimum Gasteiger partial charge on any atom is -0.722 e. The average molecular weight is 459 g/mol. The molecule has 0 spiro atoms. The molecule has 1 heterocycles. The van der Waals surface area contributed by atoms with Crippen molar-refractivity contribution in [2.24, 2.45) is 0 Å². The third-order valence-electron chi connectivity index (χ3n) is 4.67. The zero-order valence-corrected chi connectivity index (χ0v) is 17.8. The van der Waals surface area contributed by atoms with E-state index < -0.39 is 16.5 Å². The van der Waals surface area contributed by atoms with Crippen molar-refractivity contribution in [1.82, 2.24) is 0 Å². The van der Waals surface area contributed by atoms with E-state index in [1.807, 2.05) is 71.3 Å². The quantitative estimate of drug-likeness (QED) is 0.215. The second kappa shape index (κ2) is 9.16. The van der Waals surface area contributed by atoms with Crippen molar-refractivity contribution in [1.29, 1.82) is 0 Å². The van der Waals surface area contributed by atoms with Gasteiger partial charge < -0.3 is 19.1 Å². The predicted molar refractivity (Wildman–Crippen MR) is 114 cm³/mol. The molecular weight excluding hydrogens is 441 g/mol. The number of aromatic nitrogens is 1. The number of hydrogen-bond acceptors (Lipinski definition) is 6. The van der Waals surface area contributed by atoms with E-state index in [2.05, 4.69) is 0 Å². The fourth-order valence-corrected chi connectivity index (χ4v) is 3.56. The van der Waals surface area contributed by atoms with Crippen molar-refractivity contribution in [3.8, 4) is 17.2 Å². The molecule has 4 aromatic rings. The Morgan fingerprint density at radius 1 is 0.875 bits per heavy atom. The Balaban J connectivity index is 0.000000523. The number of carbonyl (C=O) groups is 1. The number of hydrogen-bond donors (Lipinski definition) is 1. The summed E-state index contributed by atoms with van der Waals surface area (Å²) in [5, 5.41) is 11.2. The Morgan fingerprint density at radius 3 is 1.66 bits per heavy atom. The van der Waals surface area contributed by atoms with Gasteiger partial charge >= 0.3 is 5.97 Å². The largest absolute Gasteiger partial charge is 0.722 e. The van der Waals surface area contributed by atoms with Gasteiger partial charge in [-0.3, -0.25) is 0 Å². The van der Waals surface area contributed by atoms with Crippen LogP contribution in [-0.4, -0.2) is 38.3 Å². The van der Waals surface area contributed by atoms with Gasteiger partial charge in [0.05, 0.1) is 30.6 Å². The van der Waals surface area contributed by atoms with Crippen molar-refractivity contribution in [3.63, 3.8) is 0 Å². The van der Waals surface area contributed by atoms with Crippen LogP contribution in [0.2, 0.25) is 0 Å². The van der Waals surface area contributed by atoms with Gasteiger partial charge in [0.15, 0.2) is 11.5 Å². The van der Waals surface area contributed by atoms with Gasteiger partial charge in [-0.15, -0.1) is 8.45 Å². The zero-order chi connectivity index (χ0) is 23.5. The number of aromatic carboxylic acids is 1. The number of nitrogens with zero attached hydrogens (tertiary/aromatic N) is 1. The SMILES string of the molecule is COc1cccc(OC)c1-[n+]1c2ccccc2c(C(=O)O)c2ccccc21.O=S(=O)([O-])F. The summed E-state index contributed by atoms with van der Waals surface area (Å²) in [5.74, 6) is 0.317. The molecule has 0 aliphatic heterocycles. The molecule has 0 fully saturated rings. The standard InChI is InChI=1S/C22H17NO4.FHO3S/c1-26-18-12-7-13-19(27-2)21(18)23-16-10-5-3-8-14(16)20(22(24)25)15-9-4-6-11-17(15)23;1-5(2,3)4/h3-13H,1-2H3;(H,2,3,4). The first-order valence-corrected chi connectivity index (χ1v) is 10.4. The number of fused-ring (bicyclic) bond motifs is 2. The highest BCUT2D eigenvalue weighted by molar-refractivity contribution is 7.80. The number of carboxylic acid groups (broad SMARTS) is 1. The molecule has 0 radical (unpaired) electrons. The van der Waals surface area contributed by atoms with E-state index in [0.717, 1.165) is 16.7 Å². The fourth-order valence-electron chi connectivity index (χ4n) is 3.56. The smallest absolute Gasteiger partial charge is 0.337 e. The van der Waals surface area contributed by atoms with E-state index in [1.54, 1.807) is 14.2 Å². The highest BCUT2D eigenvalue weighted by Gasteiger charge is 2.29. The summed E-state index contributed by atoms with van der Waals surface area (Å²) in [5.41, 5.74) is 2.53. The highest BCUT2D eigenvalue weighted by atomic mass is 32.3. The minimum atomic E-state index is -5.42. The van der Waals surface area contributed by atoms with Gasteiger partial charge in [0, 0.05) is 12.1 Å². The van der Waals surface area contributed by atoms with Crippen LogP contribution in [0.25, 0.3) is 27.5 Å². The molecule has 3 aromatic carbocycles. The number of pyridine rings is 1. The Kier molecular flexibility index (Phi) is 6.56. The van der Waals surface area contributed by atoms with E-state index in [9.17, 15) is 13.8 Å². The van der Waals surface area contributed by atoms with Crippen LogP contribution >= 0.6 is 0 Å². The third-order valence-corrected chi connectivity index (χ3v) is 4.67. The van der Waals surface area contributed by atoms with Crippen LogP contribution < -0.4 is 14.0 Å². The molecule has 8 nitrogen and oxygen atoms in total. The molecule has 0 aliphatic carbocycles. The van der Waals surface area contributed by atoms with Gasteiger partial charge in [0.25, 0.3) is 16.2 Å². The Labute approximate surface area is 183 Å². The normalized spacial score (nSPS) is 11.0. The first-order valence-electron chi connectivity index (χ1n) is 9.13. The van der Waals surface area contributed by atoms with Gasteiger partial charge in [-0.2, -0.15) is 0 Å². The van der Waals surface area contributed by atoms with Crippen LogP contribution in [0.15, 0.2) is 66.7 Å². The van der Waals surface area contributed by atoms with Crippen molar-refractivity contribution >= 4 is 38.3 Å². The van der Waals surface area contributed by atoms with Crippen molar-refractivity contribution in [2.45, 2.75) is 0 Å². The predicted octanol–water partition coefficient (Wildman–Crippen LogP) is 3.40. The molecule has 1 N–H and O–H groups in total. The van der Waals surface area contributed by atoms with Gasteiger partial charge in [-0.1, -0.05) is 30.3 Å². The molecule has 166 valence electrons. The van der Waals surface area contributed by atoms with Gasteiger partial charge in [-0.25, -0.2) is 13.2 Å². The average Bonchev–Trinajstić information content (AvgIpc) is 2.75. The number of methoxy groups -OCH3 is 2. The summed E-state index contributed by atoms with van der Waals surface area (Å²) in [6, 6.07) is 20.5. The van der Waals surface area contributed by atoms with E-state index in [4.69, 9.17) is 22.4 Å². The molecule has 0 saturated carbocycles. The molecular formula is C22H18FNO7S. The monoisotopic (exact) mass is 459 g/mol. The number of benzene rings is 3. The molecule has 10 heteroatoms. The van der Waals surface area contributed by atoms with Gasteiger partial charge in [-0.05, 0) is 24.3 Å². The number of halogens is 1. The molecule has 32 heavy (non-hydrogen) atoms. The maximum Gasteiger partial charge on any atom is 0.337 e. The van der Waals surface area contributed by atoms with E-state index in [1.165, 1.54) is 0 Å². The fraction of sp³-hybridized carbons (Fsp3) is 0.0909. The lowest BCUT2D eigenvalue weighted by Crippen LogP contribution is -2.34. The summed E-state index contributed by atoms with van der Waals surface area (Å²) in [6.45, 7) is 0. The Hall–Kier alpha value is -3.76. The van der Waals surface area contributed by atoms with E-state index in [-0.39, 0.29) is 5.56 Å². The van der Waals surface area contributed by atoms with Gasteiger partial charge in [0.1, 0.15) is 0 Å². The Morgan fingerprint density at radius 2 is 1.28 bits per heavy atom. The van der Waals surface area contributed by atoms with Crippen molar-refractivity contribution in [3.05, 3.63) is 72.3 Å². The molecule has 0 atom stereocenters. The summed E-state index contributed by atoms with van der Waals surface area (Å²) < 4.78 is 48.5. The summed E-state index contributed by atoms with van der Waals surface area (Å²) >= 11 is 0. The van der Waals surface area contributed by atoms with Crippen molar-refractivity contribution < 1.29 is 40.8 Å². The number of rotatable bonds is 4. The Bertz CT molecular complexity index is 1330.